The lowest BCUT2D eigenvalue weighted by Crippen LogP contribution is -2.14. The van der Waals surface area contributed by atoms with E-state index in [1.165, 1.54) is 11.8 Å². The number of thioether (sulfide) groups is 1. The molecule has 0 radical (unpaired) electrons. The molecule has 0 bridgehead atoms. The SMILES string of the molecule is O=C(CSCc1nc2ccccc2[nH]1)Nc1cccc(Cl)c1. The number of nitrogens with one attached hydrogen (secondary N) is 2. The summed E-state index contributed by atoms with van der Waals surface area (Å²) in [4.78, 5) is 19.6. The van der Waals surface area contributed by atoms with Crippen molar-refractivity contribution in [2.45, 2.75) is 5.75 Å². The first-order chi connectivity index (χ1) is 10.7. The van der Waals surface area contributed by atoms with Crippen LogP contribution >= 0.6 is 23.4 Å². The summed E-state index contributed by atoms with van der Waals surface area (Å²) in [6, 6.07) is 15.0. The Balaban J connectivity index is 1.51. The zero-order valence-corrected chi connectivity index (χ0v) is 13.2. The van der Waals surface area contributed by atoms with Crippen molar-refractivity contribution in [2.24, 2.45) is 0 Å². The number of H-pyrrole nitrogens is 1. The number of carbonyl (C=O) groups excluding carboxylic acids is 1. The summed E-state index contributed by atoms with van der Waals surface area (Å²) in [7, 11) is 0. The quantitative estimate of drug-likeness (QED) is 0.740. The number of para-hydroxylation sites is 2. The number of amides is 1. The molecule has 22 heavy (non-hydrogen) atoms. The Morgan fingerprint density at radius 2 is 2.09 bits per heavy atom. The molecule has 112 valence electrons. The second-order valence-electron chi connectivity index (χ2n) is 4.75. The van der Waals surface area contributed by atoms with Gasteiger partial charge in [-0.25, -0.2) is 4.98 Å². The Kier molecular flexibility index (Phi) is 4.65. The van der Waals surface area contributed by atoms with Crippen LogP contribution in [0.5, 0.6) is 0 Å². The zero-order valence-electron chi connectivity index (χ0n) is 11.7. The third kappa shape index (κ3) is 3.81. The van der Waals surface area contributed by atoms with E-state index < -0.39 is 0 Å². The van der Waals surface area contributed by atoms with Gasteiger partial charge < -0.3 is 10.3 Å². The van der Waals surface area contributed by atoms with Crippen molar-refractivity contribution in [3.8, 4) is 0 Å². The fourth-order valence-corrected chi connectivity index (χ4v) is 2.96. The van der Waals surface area contributed by atoms with Crippen LogP contribution < -0.4 is 5.32 Å². The average molecular weight is 332 g/mol. The maximum atomic E-state index is 11.9. The van der Waals surface area contributed by atoms with Crippen molar-refractivity contribution < 1.29 is 4.79 Å². The first-order valence-corrected chi connectivity index (χ1v) is 8.31. The summed E-state index contributed by atoms with van der Waals surface area (Å²) in [6.45, 7) is 0. The lowest BCUT2D eigenvalue weighted by Gasteiger charge is -2.04. The van der Waals surface area contributed by atoms with E-state index >= 15 is 0 Å². The Morgan fingerprint density at radius 1 is 1.23 bits per heavy atom. The molecule has 0 unspecified atom stereocenters. The highest BCUT2D eigenvalue weighted by Gasteiger charge is 2.06. The molecule has 1 heterocycles. The van der Waals surface area contributed by atoms with Crippen LogP contribution in [0, 0.1) is 0 Å². The van der Waals surface area contributed by atoms with Gasteiger partial charge in [-0.1, -0.05) is 29.8 Å². The molecule has 3 aromatic rings. The predicted octanol–water partition coefficient (Wildman–Crippen LogP) is 4.09. The van der Waals surface area contributed by atoms with Gasteiger partial charge in [-0.15, -0.1) is 11.8 Å². The van der Waals surface area contributed by atoms with Gasteiger partial charge in [0, 0.05) is 10.7 Å². The van der Waals surface area contributed by atoms with Crippen molar-refractivity contribution in [1.29, 1.82) is 0 Å². The van der Waals surface area contributed by atoms with Crippen molar-refractivity contribution >= 4 is 46.0 Å². The van der Waals surface area contributed by atoms with E-state index in [1.807, 2.05) is 30.3 Å². The smallest absolute Gasteiger partial charge is 0.234 e. The third-order valence-electron chi connectivity index (χ3n) is 3.02. The van der Waals surface area contributed by atoms with Crippen LogP contribution in [0.15, 0.2) is 48.5 Å². The molecule has 0 aliphatic carbocycles. The molecule has 3 rings (SSSR count). The van der Waals surface area contributed by atoms with Crippen LogP contribution in [0.25, 0.3) is 11.0 Å². The van der Waals surface area contributed by atoms with E-state index in [2.05, 4.69) is 15.3 Å². The Labute approximate surface area is 137 Å². The number of hydrogen-bond donors (Lipinski definition) is 2. The normalized spacial score (nSPS) is 10.8. The Morgan fingerprint density at radius 3 is 2.91 bits per heavy atom. The minimum Gasteiger partial charge on any atom is -0.341 e. The number of imidazole rings is 1. The highest BCUT2D eigenvalue weighted by molar-refractivity contribution is 7.99. The maximum Gasteiger partial charge on any atom is 0.234 e. The summed E-state index contributed by atoms with van der Waals surface area (Å²) in [5.74, 6) is 1.85. The fraction of sp³-hybridized carbons (Fsp3) is 0.125. The van der Waals surface area contributed by atoms with Crippen molar-refractivity contribution in [3.63, 3.8) is 0 Å². The first kappa shape index (κ1) is 14.9. The summed E-state index contributed by atoms with van der Waals surface area (Å²) < 4.78 is 0. The van der Waals surface area contributed by atoms with E-state index in [0.717, 1.165) is 16.9 Å². The van der Waals surface area contributed by atoms with Crippen LogP contribution in [-0.2, 0) is 10.5 Å². The van der Waals surface area contributed by atoms with Crippen LogP contribution in [0.1, 0.15) is 5.82 Å². The standard InChI is InChI=1S/C16H14ClN3OS/c17-11-4-3-5-12(8-11)18-16(21)10-22-9-15-19-13-6-1-2-7-14(13)20-15/h1-8H,9-10H2,(H,18,21)(H,19,20). The number of rotatable bonds is 5. The lowest BCUT2D eigenvalue weighted by atomic mass is 10.3. The van der Waals surface area contributed by atoms with Gasteiger partial charge >= 0.3 is 0 Å². The van der Waals surface area contributed by atoms with E-state index in [4.69, 9.17) is 11.6 Å². The molecule has 0 saturated heterocycles. The highest BCUT2D eigenvalue weighted by Crippen LogP contribution is 2.17. The minimum atomic E-state index is -0.0524. The number of carbonyl (C=O) groups is 1. The molecule has 0 saturated carbocycles. The van der Waals surface area contributed by atoms with Gasteiger partial charge in [-0.05, 0) is 30.3 Å². The first-order valence-electron chi connectivity index (χ1n) is 6.77. The Bertz CT molecular complexity index is 770. The van der Waals surface area contributed by atoms with Gasteiger partial charge in [0.05, 0.1) is 22.5 Å². The fourth-order valence-electron chi connectivity index (χ4n) is 2.08. The van der Waals surface area contributed by atoms with E-state index in [-0.39, 0.29) is 5.91 Å². The molecule has 2 N–H and O–H groups in total. The van der Waals surface area contributed by atoms with E-state index in [1.54, 1.807) is 18.2 Å². The van der Waals surface area contributed by atoms with Crippen molar-refractivity contribution in [1.82, 2.24) is 9.97 Å². The number of anilines is 1. The molecule has 4 nitrogen and oxygen atoms in total. The molecule has 0 aliphatic heterocycles. The van der Waals surface area contributed by atoms with E-state index in [0.29, 0.717) is 22.2 Å². The second kappa shape index (κ2) is 6.85. The molecule has 1 aromatic heterocycles. The number of aromatic amines is 1. The molecule has 0 fully saturated rings. The van der Waals surface area contributed by atoms with Gasteiger partial charge in [0.1, 0.15) is 5.82 Å². The van der Waals surface area contributed by atoms with Gasteiger partial charge in [0.2, 0.25) is 5.91 Å². The molecular weight excluding hydrogens is 318 g/mol. The summed E-state index contributed by atoms with van der Waals surface area (Å²) in [5, 5.41) is 3.43. The van der Waals surface area contributed by atoms with Gasteiger partial charge in [-0.3, -0.25) is 4.79 Å². The highest BCUT2D eigenvalue weighted by atomic mass is 35.5. The van der Waals surface area contributed by atoms with Crippen LogP contribution in [-0.4, -0.2) is 21.6 Å². The number of hydrogen-bond acceptors (Lipinski definition) is 3. The molecule has 0 atom stereocenters. The van der Waals surface area contributed by atoms with Crippen LogP contribution in [0.3, 0.4) is 0 Å². The average Bonchev–Trinajstić information content (AvgIpc) is 2.90. The van der Waals surface area contributed by atoms with E-state index in [9.17, 15) is 4.79 Å². The predicted molar refractivity (Wildman–Crippen MR) is 92.3 cm³/mol. The zero-order chi connectivity index (χ0) is 15.4. The molecule has 0 spiro atoms. The largest absolute Gasteiger partial charge is 0.341 e. The number of fused-ring (bicyclic) bond motifs is 1. The summed E-state index contributed by atoms with van der Waals surface area (Å²) >= 11 is 7.40. The maximum absolute atomic E-state index is 11.9. The molecule has 2 aromatic carbocycles. The number of aromatic nitrogens is 2. The molecule has 0 aliphatic rings. The number of benzene rings is 2. The van der Waals surface area contributed by atoms with Gasteiger partial charge in [-0.2, -0.15) is 0 Å². The summed E-state index contributed by atoms with van der Waals surface area (Å²) in [6.07, 6.45) is 0. The lowest BCUT2D eigenvalue weighted by molar-refractivity contribution is -0.113. The van der Waals surface area contributed by atoms with Crippen LogP contribution in [0.2, 0.25) is 5.02 Å². The van der Waals surface area contributed by atoms with Crippen molar-refractivity contribution in [3.05, 3.63) is 59.4 Å². The molecule has 1 amide bonds. The molecule has 6 heteroatoms. The Hall–Kier alpha value is -1.98. The number of halogens is 1. The van der Waals surface area contributed by atoms with Crippen molar-refractivity contribution in [2.75, 3.05) is 11.1 Å². The summed E-state index contributed by atoms with van der Waals surface area (Å²) in [5.41, 5.74) is 2.67. The van der Waals surface area contributed by atoms with Gasteiger partial charge in [0.25, 0.3) is 0 Å². The third-order valence-corrected chi connectivity index (χ3v) is 4.20. The monoisotopic (exact) mass is 331 g/mol. The van der Waals surface area contributed by atoms with Gasteiger partial charge in [0.15, 0.2) is 0 Å². The second-order valence-corrected chi connectivity index (χ2v) is 6.17. The number of nitrogens with zero attached hydrogens (tertiary/aromatic N) is 1. The van der Waals surface area contributed by atoms with Crippen LogP contribution in [0.4, 0.5) is 5.69 Å². The topological polar surface area (TPSA) is 57.8 Å². The molecular formula is C16H14ClN3OS. The minimum absolute atomic E-state index is 0.0524.